The van der Waals surface area contributed by atoms with Crippen LogP contribution in [0.3, 0.4) is 0 Å². The molecule has 1 aromatic heterocycles. The van der Waals surface area contributed by atoms with Crippen LogP contribution in [0.1, 0.15) is 33.8 Å². The standard InChI is InChI=1S/C6H4O5.C4H10O2/c7-5(8)3-1-2-11-4(3)6(9)10;5-3-1-2-4-6/h1-2H,(H,7,8)(H,9,10);5-6H,1-4H2. The Labute approximate surface area is 96.9 Å². The lowest BCUT2D eigenvalue weighted by Gasteiger charge is -1.88. The molecule has 0 aliphatic heterocycles. The van der Waals surface area contributed by atoms with Gasteiger partial charge in [-0.15, -0.1) is 0 Å². The smallest absolute Gasteiger partial charge is 0.372 e. The highest BCUT2D eigenvalue weighted by Gasteiger charge is 2.18. The summed E-state index contributed by atoms with van der Waals surface area (Å²) in [6.07, 6.45) is 2.46. The summed E-state index contributed by atoms with van der Waals surface area (Å²) in [6.45, 7) is 0.390. The van der Waals surface area contributed by atoms with Gasteiger partial charge < -0.3 is 24.8 Å². The van der Waals surface area contributed by atoms with Crippen LogP contribution < -0.4 is 0 Å². The van der Waals surface area contributed by atoms with E-state index in [1.807, 2.05) is 0 Å². The number of unbranched alkanes of at least 4 members (excludes halogenated alkanes) is 1. The van der Waals surface area contributed by atoms with Crippen molar-refractivity contribution in [2.45, 2.75) is 12.8 Å². The van der Waals surface area contributed by atoms with Crippen molar-refractivity contribution in [3.8, 4) is 0 Å². The normalized spacial score (nSPS) is 9.29. The fourth-order valence-electron chi connectivity index (χ4n) is 0.867. The second-order valence-electron chi connectivity index (χ2n) is 2.93. The monoisotopic (exact) mass is 246 g/mol. The van der Waals surface area contributed by atoms with Crippen LogP contribution in [0, 0.1) is 0 Å². The van der Waals surface area contributed by atoms with Crippen LogP contribution in [0.25, 0.3) is 0 Å². The molecule has 17 heavy (non-hydrogen) atoms. The number of carboxylic acids is 2. The lowest BCUT2D eigenvalue weighted by Crippen LogP contribution is -2.03. The molecule has 1 heterocycles. The summed E-state index contributed by atoms with van der Waals surface area (Å²) >= 11 is 0. The molecule has 7 nitrogen and oxygen atoms in total. The van der Waals surface area contributed by atoms with Crippen molar-refractivity contribution in [1.82, 2.24) is 0 Å². The quantitative estimate of drug-likeness (QED) is 0.554. The third-order valence-electron chi connectivity index (χ3n) is 1.66. The second kappa shape index (κ2) is 8.31. The highest BCUT2D eigenvalue weighted by atomic mass is 16.4. The van der Waals surface area contributed by atoms with Crippen LogP contribution >= 0.6 is 0 Å². The van der Waals surface area contributed by atoms with Crippen LogP contribution in [0.15, 0.2) is 16.7 Å². The molecule has 0 saturated carbocycles. The van der Waals surface area contributed by atoms with Gasteiger partial charge in [-0.05, 0) is 18.9 Å². The van der Waals surface area contributed by atoms with Gasteiger partial charge in [0.25, 0.3) is 0 Å². The Bertz CT molecular complexity index is 323. The number of hydrogen-bond acceptors (Lipinski definition) is 5. The van der Waals surface area contributed by atoms with Crippen LogP contribution in [-0.2, 0) is 0 Å². The van der Waals surface area contributed by atoms with Crippen LogP contribution in [-0.4, -0.2) is 45.6 Å². The Kier molecular flexibility index (Phi) is 7.40. The minimum absolute atomic E-state index is 0.195. The van der Waals surface area contributed by atoms with Gasteiger partial charge in [0.15, 0.2) is 0 Å². The Morgan fingerprint density at radius 3 is 1.88 bits per heavy atom. The van der Waals surface area contributed by atoms with E-state index in [0.29, 0.717) is 0 Å². The van der Waals surface area contributed by atoms with Crippen LogP contribution in [0.2, 0.25) is 0 Å². The average molecular weight is 246 g/mol. The van der Waals surface area contributed by atoms with Crippen molar-refractivity contribution in [3.05, 3.63) is 23.7 Å². The van der Waals surface area contributed by atoms with E-state index >= 15 is 0 Å². The molecule has 0 aliphatic carbocycles. The average Bonchev–Trinajstić information content (AvgIpc) is 2.76. The van der Waals surface area contributed by atoms with E-state index in [1.165, 1.54) is 0 Å². The van der Waals surface area contributed by atoms with Gasteiger partial charge in [-0.25, -0.2) is 9.59 Å². The van der Waals surface area contributed by atoms with Crippen molar-refractivity contribution >= 4 is 11.9 Å². The number of aliphatic hydroxyl groups excluding tert-OH is 2. The third-order valence-corrected chi connectivity index (χ3v) is 1.66. The highest BCUT2D eigenvalue weighted by Crippen LogP contribution is 2.09. The SMILES string of the molecule is O=C(O)c1ccoc1C(=O)O.OCCCCO. The molecule has 96 valence electrons. The second-order valence-corrected chi connectivity index (χ2v) is 2.93. The lowest BCUT2D eigenvalue weighted by atomic mass is 10.2. The van der Waals surface area contributed by atoms with Gasteiger partial charge in [0, 0.05) is 13.2 Å². The van der Waals surface area contributed by atoms with E-state index in [2.05, 4.69) is 4.42 Å². The van der Waals surface area contributed by atoms with Crippen molar-refractivity contribution in [2.24, 2.45) is 0 Å². The molecule has 0 bridgehead atoms. The summed E-state index contributed by atoms with van der Waals surface area (Å²) in [6, 6.07) is 1.09. The molecular weight excluding hydrogens is 232 g/mol. The number of furan rings is 1. The van der Waals surface area contributed by atoms with Crippen molar-refractivity contribution < 1.29 is 34.4 Å². The summed E-state index contributed by atoms with van der Waals surface area (Å²) in [4.78, 5) is 20.5. The fraction of sp³-hybridized carbons (Fsp3) is 0.400. The Balaban J connectivity index is 0.000000366. The maximum atomic E-state index is 10.3. The largest absolute Gasteiger partial charge is 0.478 e. The van der Waals surface area contributed by atoms with Gasteiger partial charge in [-0.3, -0.25) is 0 Å². The summed E-state index contributed by atoms with van der Waals surface area (Å²) in [5, 5.41) is 32.9. The molecule has 0 spiro atoms. The zero-order valence-electron chi connectivity index (χ0n) is 9.00. The van der Waals surface area contributed by atoms with Crippen molar-refractivity contribution in [2.75, 3.05) is 13.2 Å². The third kappa shape index (κ3) is 5.69. The first-order valence-corrected chi connectivity index (χ1v) is 4.80. The van der Waals surface area contributed by atoms with Crippen LogP contribution in [0.5, 0.6) is 0 Å². The first kappa shape index (κ1) is 15.1. The molecule has 0 radical (unpaired) electrons. The maximum absolute atomic E-state index is 10.3. The van der Waals surface area contributed by atoms with Gasteiger partial charge in [0.2, 0.25) is 5.76 Å². The van der Waals surface area contributed by atoms with Gasteiger partial charge >= 0.3 is 11.9 Å². The van der Waals surface area contributed by atoms with E-state index < -0.39 is 17.7 Å². The molecule has 0 saturated heterocycles. The maximum Gasteiger partial charge on any atom is 0.372 e. The molecule has 1 aromatic rings. The van der Waals surface area contributed by atoms with Gasteiger partial charge in [0.05, 0.1) is 6.26 Å². The molecule has 0 atom stereocenters. The topological polar surface area (TPSA) is 128 Å². The minimum Gasteiger partial charge on any atom is -0.478 e. The molecule has 0 fully saturated rings. The zero-order valence-corrected chi connectivity index (χ0v) is 9.00. The first-order chi connectivity index (χ1) is 8.04. The predicted molar refractivity (Wildman–Crippen MR) is 56.0 cm³/mol. The summed E-state index contributed by atoms with van der Waals surface area (Å²) in [5.41, 5.74) is -0.336. The summed E-state index contributed by atoms with van der Waals surface area (Å²) in [7, 11) is 0. The Morgan fingerprint density at radius 1 is 1.06 bits per heavy atom. The zero-order chi connectivity index (χ0) is 13.3. The number of carboxylic acid groups (broad SMARTS) is 2. The Morgan fingerprint density at radius 2 is 1.59 bits per heavy atom. The Hall–Kier alpha value is -1.86. The van der Waals surface area contributed by atoms with E-state index in [0.717, 1.165) is 25.2 Å². The number of aliphatic hydroxyl groups is 2. The van der Waals surface area contributed by atoms with Crippen LogP contribution in [0.4, 0.5) is 0 Å². The van der Waals surface area contributed by atoms with E-state index in [9.17, 15) is 9.59 Å². The predicted octanol–water partition coefficient (Wildman–Crippen LogP) is 0.427. The molecular formula is C10H14O7. The van der Waals surface area contributed by atoms with Crippen molar-refractivity contribution in [1.29, 1.82) is 0 Å². The molecule has 4 N–H and O–H groups in total. The molecule has 0 aliphatic rings. The molecule has 7 heteroatoms. The number of rotatable bonds is 5. The van der Waals surface area contributed by atoms with Crippen molar-refractivity contribution in [3.63, 3.8) is 0 Å². The number of hydrogen-bond donors (Lipinski definition) is 4. The fourth-order valence-corrected chi connectivity index (χ4v) is 0.867. The number of aromatic carboxylic acids is 2. The van der Waals surface area contributed by atoms with E-state index in [-0.39, 0.29) is 18.8 Å². The van der Waals surface area contributed by atoms with Gasteiger partial charge in [0.1, 0.15) is 5.56 Å². The van der Waals surface area contributed by atoms with E-state index in [1.54, 1.807) is 0 Å². The minimum atomic E-state index is -1.38. The molecule has 0 amide bonds. The highest BCUT2D eigenvalue weighted by molar-refractivity contribution is 5.99. The number of carbonyl (C=O) groups is 2. The molecule has 0 aromatic carbocycles. The molecule has 1 rings (SSSR count). The van der Waals surface area contributed by atoms with Gasteiger partial charge in [-0.2, -0.15) is 0 Å². The van der Waals surface area contributed by atoms with E-state index in [4.69, 9.17) is 20.4 Å². The summed E-state index contributed by atoms with van der Waals surface area (Å²) in [5.74, 6) is -3.24. The lowest BCUT2D eigenvalue weighted by molar-refractivity contribution is 0.0626. The molecule has 0 unspecified atom stereocenters. The first-order valence-electron chi connectivity index (χ1n) is 4.80. The van der Waals surface area contributed by atoms with Gasteiger partial charge in [-0.1, -0.05) is 0 Å². The summed E-state index contributed by atoms with van der Waals surface area (Å²) < 4.78 is 4.41.